The number of nitrogens with zero attached hydrogens (tertiary/aromatic N) is 2. The van der Waals surface area contributed by atoms with E-state index >= 15 is 0 Å². The first kappa shape index (κ1) is 15.3. The van der Waals surface area contributed by atoms with Crippen LogP contribution in [0.5, 0.6) is 0 Å². The molecule has 1 N–H and O–H groups in total. The number of likely N-dealkylation sites (tertiary alicyclic amines) is 2. The molecule has 0 aromatic carbocycles. The fraction of sp³-hybridized carbons (Fsp3) is 1.00. The summed E-state index contributed by atoms with van der Waals surface area (Å²) >= 11 is 0. The molecule has 0 bridgehead atoms. The Bertz CT molecular complexity index is 254. The highest BCUT2D eigenvalue weighted by Gasteiger charge is 2.23. The lowest BCUT2D eigenvalue weighted by Crippen LogP contribution is -2.36. The average Bonchev–Trinajstić information content (AvgIpc) is 2.72. The van der Waals surface area contributed by atoms with Crippen LogP contribution in [0, 0.1) is 5.92 Å². The van der Waals surface area contributed by atoms with Gasteiger partial charge in [0.05, 0.1) is 0 Å². The summed E-state index contributed by atoms with van der Waals surface area (Å²) in [6.45, 7) is 14.6. The molecule has 2 aliphatic heterocycles. The molecular weight excluding hydrogens is 234 g/mol. The van der Waals surface area contributed by atoms with Crippen LogP contribution in [-0.2, 0) is 0 Å². The topological polar surface area (TPSA) is 18.5 Å². The molecular formula is C16H33N3. The molecule has 2 unspecified atom stereocenters. The van der Waals surface area contributed by atoms with Crippen LogP contribution in [0.25, 0.3) is 0 Å². The Hall–Kier alpha value is -0.120. The minimum atomic E-state index is 0.715. The van der Waals surface area contributed by atoms with Crippen LogP contribution in [0.1, 0.15) is 46.5 Å². The molecule has 2 heterocycles. The maximum Gasteiger partial charge on any atom is 0.00798 e. The van der Waals surface area contributed by atoms with Crippen LogP contribution in [0.3, 0.4) is 0 Å². The average molecular weight is 267 g/mol. The summed E-state index contributed by atoms with van der Waals surface area (Å²) in [6.07, 6.45) is 5.46. The first-order valence-corrected chi connectivity index (χ1v) is 8.38. The standard InChI is InChI=1S/C16H33N3/c1-4-18-10-7-15(13-18)12-17-16-6-5-9-19(11-8-16)14(2)3/h14-17H,4-13H2,1-3H3. The molecule has 19 heavy (non-hydrogen) atoms. The summed E-state index contributed by atoms with van der Waals surface area (Å²) in [4.78, 5) is 5.22. The highest BCUT2D eigenvalue weighted by atomic mass is 15.2. The zero-order valence-corrected chi connectivity index (χ0v) is 13.2. The van der Waals surface area contributed by atoms with Gasteiger partial charge in [-0.3, -0.25) is 0 Å². The van der Waals surface area contributed by atoms with E-state index in [1.54, 1.807) is 0 Å². The van der Waals surface area contributed by atoms with Crippen LogP contribution in [0.15, 0.2) is 0 Å². The van der Waals surface area contributed by atoms with Gasteiger partial charge in [0, 0.05) is 18.6 Å². The molecule has 3 nitrogen and oxygen atoms in total. The first-order chi connectivity index (χ1) is 9.19. The van der Waals surface area contributed by atoms with Gasteiger partial charge in [0.1, 0.15) is 0 Å². The molecule has 0 amide bonds. The monoisotopic (exact) mass is 267 g/mol. The summed E-state index contributed by atoms with van der Waals surface area (Å²) in [5.74, 6) is 0.893. The van der Waals surface area contributed by atoms with Gasteiger partial charge in [-0.25, -0.2) is 0 Å². The third kappa shape index (κ3) is 4.73. The molecule has 2 aliphatic rings. The maximum absolute atomic E-state index is 3.85. The highest BCUT2D eigenvalue weighted by molar-refractivity contribution is 4.81. The van der Waals surface area contributed by atoms with E-state index in [-0.39, 0.29) is 0 Å². The van der Waals surface area contributed by atoms with Crippen molar-refractivity contribution in [3.05, 3.63) is 0 Å². The van der Waals surface area contributed by atoms with Gasteiger partial charge in [-0.15, -0.1) is 0 Å². The van der Waals surface area contributed by atoms with Crippen LogP contribution >= 0.6 is 0 Å². The lowest BCUT2D eigenvalue weighted by Gasteiger charge is -2.24. The van der Waals surface area contributed by atoms with Crippen molar-refractivity contribution in [3.63, 3.8) is 0 Å². The second kappa shape index (κ2) is 7.61. The Labute approximate surface area is 119 Å². The molecule has 3 heteroatoms. The van der Waals surface area contributed by atoms with E-state index in [0.717, 1.165) is 12.0 Å². The van der Waals surface area contributed by atoms with Crippen molar-refractivity contribution < 1.29 is 0 Å². The lowest BCUT2D eigenvalue weighted by molar-refractivity contribution is 0.228. The normalized spacial score (nSPS) is 30.9. The van der Waals surface area contributed by atoms with E-state index in [1.165, 1.54) is 65.0 Å². The van der Waals surface area contributed by atoms with Gasteiger partial charge < -0.3 is 15.1 Å². The molecule has 0 saturated carbocycles. The third-order valence-electron chi connectivity index (χ3n) is 5.01. The Balaban J connectivity index is 1.66. The van der Waals surface area contributed by atoms with Gasteiger partial charge >= 0.3 is 0 Å². The van der Waals surface area contributed by atoms with Crippen molar-refractivity contribution in [3.8, 4) is 0 Å². The predicted molar refractivity (Wildman–Crippen MR) is 82.6 cm³/mol. The molecule has 0 spiro atoms. The summed E-state index contributed by atoms with van der Waals surface area (Å²) in [5.41, 5.74) is 0. The van der Waals surface area contributed by atoms with Gasteiger partial charge in [0.25, 0.3) is 0 Å². The number of rotatable bonds is 5. The molecule has 0 aromatic heterocycles. The molecule has 2 atom stereocenters. The Kier molecular flexibility index (Phi) is 6.11. The summed E-state index contributed by atoms with van der Waals surface area (Å²) in [7, 11) is 0. The van der Waals surface area contributed by atoms with Crippen molar-refractivity contribution in [2.45, 2.75) is 58.5 Å². The largest absolute Gasteiger partial charge is 0.314 e. The fourth-order valence-electron chi connectivity index (χ4n) is 3.54. The Morgan fingerprint density at radius 2 is 1.95 bits per heavy atom. The first-order valence-electron chi connectivity index (χ1n) is 8.38. The zero-order valence-electron chi connectivity index (χ0n) is 13.2. The summed E-state index contributed by atoms with van der Waals surface area (Å²) < 4.78 is 0. The van der Waals surface area contributed by atoms with Crippen molar-refractivity contribution in [2.24, 2.45) is 5.92 Å². The smallest absolute Gasteiger partial charge is 0.00798 e. The predicted octanol–water partition coefficient (Wildman–Crippen LogP) is 2.18. The van der Waals surface area contributed by atoms with Crippen LogP contribution in [-0.4, -0.2) is 61.2 Å². The van der Waals surface area contributed by atoms with E-state index in [2.05, 4.69) is 35.9 Å². The van der Waals surface area contributed by atoms with Crippen LogP contribution in [0.2, 0.25) is 0 Å². The number of hydrogen-bond acceptors (Lipinski definition) is 3. The van der Waals surface area contributed by atoms with Gasteiger partial charge in [-0.1, -0.05) is 6.92 Å². The minimum Gasteiger partial charge on any atom is -0.314 e. The molecule has 0 aromatic rings. The van der Waals surface area contributed by atoms with Gasteiger partial charge in [-0.05, 0) is 78.2 Å². The molecule has 2 rings (SSSR count). The number of hydrogen-bond donors (Lipinski definition) is 1. The molecule has 0 radical (unpaired) electrons. The minimum absolute atomic E-state index is 0.715. The van der Waals surface area contributed by atoms with Gasteiger partial charge in [0.15, 0.2) is 0 Å². The second-order valence-corrected chi connectivity index (χ2v) is 6.71. The van der Waals surface area contributed by atoms with Crippen molar-refractivity contribution in [1.29, 1.82) is 0 Å². The quantitative estimate of drug-likeness (QED) is 0.824. The van der Waals surface area contributed by atoms with Gasteiger partial charge in [-0.2, -0.15) is 0 Å². The summed E-state index contributed by atoms with van der Waals surface area (Å²) in [5, 5.41) is 3.85. The van der Waals surface area contributed by atoms with E-state index in [4.69, 9.17) is 0 Å². The van der Waals surface area contributed by atoms with E-state index in [1.807, 2.05) is 0 Å². The third-order valence-corrected chi connectivity index (χ3v) is 5.01. The van der Waals surface area contributed by atoms with Crippen LogP contribution < -0.4 is 5.32 Å². The summed E-state index contributed by atoms with van der Waals surface area (Å²) in [6, 6.07) is 1.48. The van der Waals surface area contributed by atoms with E-state index < -0.39 is 0 Å². The SMILES string of the molecule is CCN1CCC(CNC2CCCN(C(C)C)CC2)C1. The Morgan fingerprint density at radius 3 is 2.63 bits per heavy atom. The Morgan fingerprint density at radius 1 is 1.11 bits per heavy atom. The lowest BCUT2D eigenvalue weighted by atomic mass is 10.1. The number of nitrogens with one attached hydrogen (secondary N) is 1. The van der Waals surface area contributed by atoms with E-state index in [9.17, 15) is 0 Å². The van der Waals surface area contributed by atoms with Crippen LogP contribution in [0.4, 0.5) is 0 Å². The molecule has 112 valence electrons. The zero-order chi connectivity index (χ0) is 13.7. The van der Waals surface area contributed by atoms with Gasteiger partial charge in [0.2, 0.25) is 0 Å². The fourth-order valence-corrected chi connectivity index (χ4v) is 3.54. The van der Waals surface area contributed by atoms with Crippen molar-refractivity contribution in [2.75, 3.05) is 39.3 Å². The van der Waals surface area contributed by atoms with Crippen molar-refractivity contribution in [1.82, 2.24) is 15.1 Å². The molecule has 2 saturated heterocycles. The van der Waals surface area contributed by atoms with E-state index in [0.29, 0.717) is 6.04 Å². The maximum atomic E-state index is 3.85. The highest BCUT2D eigenvalue weighted by Crippen LogP contribution is 2.17. The molecule has 2 fully saturated rings. The molecule has 0 aliphatic carbocycles. The second-order valence-electron chi connectivity index (χ2n) is 6.71. The van der Waals surface area contributed by atoms with Crippen molar-refractivity contribution >= 4 is 0 Å².